The number of fused-ring (bicyclic) bond motifs is 3. The number of halogens is 2. The summed E-state index contributed by atoms with van der Waals surface area (Å²) >= 11 is 2.33. The molecule has 9 nitrogen and oxygen atoms in total. The van der Waals surface area contributed by atoms with Gasteiger partial charge in [-0.15, -0.1) is 5.10 Å². The number of rotatable bonds is 3. The third kappa shape index (κ3) is 3.99. The Balaban J connectivity index is 1.21. The topological polar surface area (TPSA) is 98.1 Å². The van der Waals surface area contributed by atoms with Crippen LogP contribution < -0.4 is 21.1 Å². The Morgan fingerprint density at radius 3 is 2.73 bits per heavy atom. The van der Waals surface area contributed by atoms with Crippen molar-refractivity contribution in [2.45, 2.75) is 45.1 Å². The van der Waals surface area contributed by atoms with E-state index in [-0.39, 0.29) is 22.8 Å². The second-order valence-corrected chi connectivity index (χ2v) is 13.4. The molecule has 1 aliphatic carbocycles. The van der Waals surface area contributed by atoms with E-state index in [0.717, 1.165) is 97.0 Å². The summed E-state index contributed by atoms with van der Waals surface area (Å²) < 4.78 is 17.5. The zero-order valence-corrected chi connectivity index (χ0v) is 25.7. The highest BCUT2D eigenvalue weighted by molar-refractivity contribution is 14.2. The zero-order chi connectivity index (χ0) is 27.8. The molecule has 1 unspecified atom stereocenters. The Kier molecular flexibility index (Phi) is 6.40. The molecular formula is C28H31FIN8OP. The second kappa shape index (κ2) is 9.73. The highest BCUT2D eigenvalue weighted by Gasteiger charge is 2.46. The Labute approximate surface area is 246 Å². The third-order valence-electron chi connectivity index (χ3n) is 9.12. The number of hydrogen-bond acceptors (Lipinski definition) is 7. The van der Waals surface area contributed by atoms with Crippen LogP contribution in [0.25, 0.3) is 11.2 Å². The van der Waals surface area contributed by atoms with Crippen LogP contribution in [0.4, 0.5) is 21.7 Å². The molecule has 2 atom stereocenters. The molecule has 3 aromatic heterocycles. The van der Waals surface area contributed by atoms with Gasteiger partial charge in [-0.25, -0.2) is 18.8 Å². The van der Waals surface area contributed by atoms with E-state index in [4.69, 9.17) is 20.8 Å². The fourth-order valence-electron chi connectivity index (χ4n) is 6.93. The lowest BCUT2D eigenvalue weighted by Gasteiger charge is -2.42. The molecule has 5 heterocycles. The van der Waals surface area contributed by atoms with Crippen molar-refractivity contribution in [2.75, 3.05) is 29.4 Å². The van der Waals surface area contributed by atoms with Crippen molar-refractivity contribution >= 4 is 56.9 Å². The van der Waals surface area contributed by atoms with Crippen LogP contribution in [0, 0.1) is 18.2 Å². The van der Waals surface area contributed by atoms with E-state index in [0.29, 0.717) is 6.37 Å². The maximum absolute atomic E-state index is 13.9. The molecule has 2 aliphatic heterocycles. The predicted octanol–water partition coefficient (Wildman–Crippen LogP) is 4.69. The molecule has 4 aromatic rings. The first kappa shape index (κ1) is 26.3. The molecular weight excluding hydrogens is 641 g/mol. The number of benzene rings is 1. The van der Waals surface area contributed by atoms with Gasteiger partial charge in [-0.3, -0.25) is 4.79 Å². The van der Waals surface area contributed by atoms with Gasteiger partial charge < -0.3 is 20.1 Å². The third-order valence-corrected chi connectivity index (χ3v) is 11.0. The molecule has 1 fully saturated rings. The minimum atomic E-state index is -0.217. The minimum Gasteiger partial charge on any atom is -0.355 e. The largest absolute Gasteiger partial charge is 0.355 e. The van der Waals surface area contributed by atoms with Gasteiger partial charge >= 0.3 is 0 Å². The van der Waals surface area contributed by atoms with Crippen molar-refractivity contribution in [3.05, 3.63) is 69.0 Å². The standard InChI is InChI=1S/C28H31FIN8OP/c1-16-24(36-12-8-28(9-13-36)15-17-5-6-18(29)14-20(17)23(28)31)33-25-22(32-16)26(34-38(25)40-30)37-10-3-4-19-21(37)7-11-35(2)27(19)39/h5-7,11,14,23,40H,3-4,8-10,12-13,15,31H2,1-2H3/t23-/m1/s1. The maximum atomic E-state index is 13.9. The average molecular weight is 672 g/mol. The van der Waals surface area contributed by atoms with Gasteiger partial charge in [0, 0.05) is 44.5 Å². The van der Waals surface area contributed by atoms with Gasteiger partial charge in [0.1, 0.15) is 5.82 Å². The molecule has 3 aliphatic rings. The minimum absolute atomic E-state index is 0.0457. The zero-order valence-electron chi connectivity index (χ0n) is 22.5. The molecule has 0 radical (unpaired) electrons. The molecule has 1 spiro atoms. The summed E-state index contributed by atoms with van der Waals surface area (Å²) in [6.07, 6.45) is 6.56. The monoisotopic (exact) mass is 672 g/mol. The summed E-state index contributed by atoms with van der Waals surface area (Å²) in [5.74, 6) is 1.42. The Hall–Kier alpha value is -2.63. The summed E-state index contributed by atoms with van der Waals surface area (Å²) in [6.45, 7) is 4.43. The van der Waals surface area contributed by atoms with Gasteiger partial charge in [-0.2, -0.15) is 0 Å². The van der Waals surface area contributed by atoms with Crippen LogP contribution in [-0.4, -0.2) is 43.7 Å². The SMILES string of the molecule is Cc1nc2c(N3CCCc4c3ccn(C)c4=O)nn(PI)c2nc1N1CCC2(CC1)Cc1ccc(F)cc1[C@H]2N. The predicted molar refractivity (Wildman–Crippen MR) is 166 cm³/mol. The first-order valence-electron chi connectivity index (χ1n) is 13.7. The average Bonchev–Trinajstić information content (AvgIpc) is 3.44. The molecule has 0 bridgehead atoms. The van der Waals surface area contributed by atoms with Crippen LogP contribution in [0.2, 0.25) is 0 Å². The Morgan fingerprint density at radius 2 is 1.95 bits per heavy atom. The van der Waals surface area contributed by atoms with Gasteiger partial charge in [0.05, 0.1) is 17.8 Å². The van der Waals surface area contributed by atoms with Crippen molar-refractivity contribution in [3.63, 3.8) is 0 Å². The van der Waals surface area contributed by atoms with E-state index in [1.54, 1.807) is 23.7 Å². The van der Waals surface area contributed by atoms with Crippen LogP contribution >= 0.6 is 28.4 Å². The second-order valence-electron chi connectivity index (χ2n) is 11.3. The van der Waals surface area contributed by atoms with Crippen LogP contribution in [0.1, 0.15) is 47.7 Å². The van der Waals surface area contributed by atoms with Gasteiger partial charge in [-0.05, 0) is 95.8 Å². The van der Waals surface area contributed by atoms with Crippen molar-refractivity contribution in [1.82, 2.24) is 24.1 Å². The molecule has 40 heavy (non-hydrogen) atoms. The lowest BCUT2D eigenvalue weighted by Crippen LogP contribution is -2.44. The molecule has 0 amide bonds. The lowest BCUT2D eigenvalue weighted by molar-refractivity contribution is 0.187. The number of nitrogens with zero attached hydrogens (tertiary/aromatic N) is 7. The molecule has 7 rings (SSSR count). The number of piperidine rings is 1. The van der Waals surface area contributed by atoms with Crippen LogP contribution in [-0.2, 0) is 19.9 Å². The summed E-state index contributed by atoms with van der Waals surface area (Å²) in [6, 6.07) is 6.92. The number of pyridine rings is 1. The number of anilines is 3. The fourth-order valence-corrected chi connectivity index (χ4v) is 8.31. The van der Waals surface area contributed by atoms with Crippen molar-refractivity contribution in [2.24, 2.45) is 18.2 Å². The molecule has 1 aromatic carbocycles. The molecule has 208 valence electrons. The summed E-state index contributed by atoms with van der Waals surface area (Å²) in [4.78, 5) is 27.5. The molecule has 12 heteroatoms. The van der Waals surface area contributed by atoms with Crippen LogP contribution in [0.3, 0.4) is 0 Å². The molecule has 1 saturated heterocycles. The van der Waals surface area contributed by atoms with E-state index in [2.05, 4.69) is 31.8 Å². The first-order valence-corrected chi connectivity index (χ1v) is 17.7. The summed E-state index contributed by atoms with van der Waals surface area (Å²) in [5.41, 5.74) is 13.0. The summed E-state index contributed by atoms with van der Waals surface area (Å²) in [7, 11) is 1.79. The number of nitrogens with two attached hydrogens (primary N) is 1. The Morgan fingerprint density at radius 1 is 1.15 bits per heavy atom. The van der Waals surface area contributed by atoms with Crippen molar-refractivity contribution in [3.8, 4) is 0 Å². The normalized spacial score (nSPS) is 20.2. The fraction of sp³-hybridized carbons (Fsp3) is 0.429. The van der Waals surface area contributed by atoms with Gasteiger partial charge in [0.25, 0.3) is 5.56 Å². The molecule has 2 N–H and O–H groups in total. The number of aryl methyl sites for hydroxylation is 2. The smallest absolute Gasteiger partial charge is 0.255 e. The van der Waals surface area contributed by atoms with E-state index >= 15 is 0 Å². The van der Waals surface area contributed by atoms with Crippen LogP contribution in [0.15, 0.2) is 35.3 Å². The van der Waals surface area contributed by atoms with Gasteiger partial charge in [-0.1, -0.05) is 6.07 Å². The van der Waals surface area contributed by atoms with Gasteiger partial charge in [0.15, 0.2) is 22.8 Å². The molecule has 0 saturated carbocycles. The first-order chi connectivity index (χ1) is 19.3. The maximum Gasteiger partial charge on any atom is 0.255 e. The van der Waals surface area contributed by atoms with Gasteiger partial charge in [0.2, 0.25) is 0 Å². The number of hydrogen-bond donors (Lipinski definition) is 1. The van der Waals surface area contributed by atoms with E-state index in [9.17, 15) is 9.18 Å². The lowest BCUT2D eigenvalue weighted by atomic mass is 9.73. The number of aromatic nitrogens is 5. The summed E-state index contributed by atoms with van der Waals surface area (Å²) in [5, 5.41) is 4.96. The van der Waals surface area contributed by atoms with Crippen molar-refractivity contribution in [1.29, 1.82) is 0 Å². The highest BCUT2D eigenvalue weighted by atomic mass is 127. The van der Waals surface area contributed by atoms with Crippen LogP contribution in [0.5, 0.6) is 0 Å². The van der Waals surface area contributed by atoms with E-state index < -0.39 is 0 Å². The quantitative estimate of drug-likeness (QED) is 0.249. The van der Waals surface area contributed by atoms with Crippen molar-refractivity contribution < 1.29 is 4.39 Å². The van der Waals surface area contributed by atoms with E-state index in [1.165, 1.54) is 5.56 Å². The van der Waals surface area contributed by atoms with E-state index in [1.807, 2.05) is 29.7 Å². The Bertz CT molecular complexity index is 1710. The highest BCUT2D eigenvalue weighted by Crippen LogP contribution is 2.51.